The van der Waals surface area contributed by atoms with Gasteiger partial charge < -0.3 is 43.4 Å². The molecule has 26 heavy (non-hydrogen) atoms. The third kappa shape index (κ3) is 20.0. The molecule has 12 N–H and O–H groups in total. The number of carboxylic acid groups (broad SMARTS) is 4. The molecule has 0 amide bonds. The van der Waals surface area contributed by atoms with Crippen molar-refractivity contribution in [1.82, 2.24) is 0 Å². The minimum Gasteiger partial charge on any atom is -0.480 e. The molecule has 0 aromatic carbocycles. The van der Waals surface area contributed by atoms with Gasteiger partial charge in [0.1, 0.15) is 23.8 Å². The van der Waals surface area contributed by atoms with E-state index in [9.17, 15) is 19.2 Å². The maximum atomic E-state index is 10.2. The molecule has 0 bridgehead atoms. The molecule has 0 saturated carbocycles. The van der Waals surface area contributed by atoms with Crippen LogP contribution in [0.25, 0.3) is 0 Å². The lowest BCUT2D eigenvalue weighted by Crippen LogP contribution is -2.36. The average molecular weight is 416 g/mol. The van der Waals surface area contributed by atoms with E-state index in [1.54, 1.807) is 0 Å². The van der Waals surface area contributed by atoms with Crippen molar-refractivity contribution in [3.8, 4) is 0 Å². The van der Waals surface area contributed by atoms with Gasteiger partial charge in [0.2, 0.25) is 0 Å². The maximum Gasteiger partial charge on any atom is 0.351 e. The van der Waals surface area contributed by atoms with E-state index in [0.29, 0.717) is 0 Å². The highest BCUT2D eigenvalue weighted by Gasteiger charge is 2.15. The van der Waals surface area contributed by atoms with Crippen LogP contribution in [0.4, 0.5) is 0 Å². The van der Waals surface area contributed by atoms with E-state index in [0.717, 1.165) is 11.8 Å². The first-order valence-corrected chi connectivity index (χ1v) is 8.37. The van der Waals surface area contributed by atoms with Gasteiger partial charge in [-0.3, -0.25) is 14.4 Å². The fourth-order valence-electron chi connectivity index (χ4n) is 0.543. The van der Waals surface area contributed by atoms with E-state index in [4.69, 9.17) is 37.6 Å². The lowest BCUT2D eigenvalue weighted by Gasteiger charge is -2.07. The van der Waals surface area contributed by atoms with Crippen LogP contribution in [-0.4, -0.2) is 79.7 Å². The molecule has 0 radical (unpaired) electrons. The number of rotatable bonds is 9. The third-order valence-electron chi connectivity index (χ3n) is 2.02. The Hall–Kier alpha value is -2.00. The summed E-state index contributed by atoms with van der Waals surface area (Å²) < 4.78 is 0. The second-order valence-electron chi connectivity index (χ2n) is 4.38. The quantitative estimate of drug-likeness (QED) is 0.138. The minimum absolute atomic E-state index is 0.163. The first kappa shape index (κ1) is 28.8. The van der Waals surface area contributed by atoms with E-state index in [1.165, 1.54) is 0 Å². The summed E-state index contributed by atoms with van der Waals surface area (Å²) in [7, 11) is 0. The Morgan fingerprint density at radius 2 is 1.12 bits per heavy atom. The number of aliphatic carboxylic acids is 4. The Labute approximate surface area is 159 Å². The Morgan fingerprint density at radius 3 is 1.23 bits per heavy atom. The summed E-state index contributed by atoms with van der Waals surface area (Å²) in [6.45, 7) is 2.93. The predicted octanol–water partition coefficient (Wildman–Crippen LogP) is -2.59. The maximum absolute atomic E-state index is 10.2. The molecule has 12 nitrogen and oxygen atoms in total. The molecule has 0 heterocycles. The lowest BCUT2D eigenvalue weighted by atomic mass is 10.4. The normalized spacial score (nSPS) is 12.8. The number of nitrogens with two attached hydrogens (primary N) is 4. The molecule has 3 atom stereocenters. The SMILES string of the molecule is C=C(N)C(=O)O.N[C@@H](CS)C(=O)O.N[C@@H](CSC[C@H](N)C(=O)O)C(=O)O. The van der Waals surface area contributed by atoms with Gasteiger partial charge >= 0.3 is 23.9 Å². The fourth-order valence-corrected chi connectivity index (χ4v) is 1.63. The van der Waals surface area contributed by atoms with Crippen molar-refractivity contribution < 1.29 is 39.6 Å². The fraction of sp³-hybridized carbons (Fsp3) is 0.500. The molecular formula is C12H24N4O8S2. The second kappa shape index (κ2) is 16.5. The van der Waals surface area contributed by atoms with Gasteiger partial charge in [0.05, 0.1) is 0 Å². The van der Waals surface area contributed by atoms with Gasteiger partial charge in [-0.15, -0.1) is 0 Å². The van der Waals surface area contributed by atoms with Gasteiger partial charge in [0.25, 0.3) is 0 Å². The van der Waals surface area contributed by atoms with Crippen molar-refractivity contribution in [3.05, 3.63) is 12.3 Å². The summed E-state index contributed by atoms with van der Waals surface area (Å²) >= 11 is 4.76. The van der Waals surface area contributed by atoms with Crippen molar-refractivity contribution in [2.45, 2.75) is 18.1 Å². The summed E-state index contributed by atoms with van der Waals surface area (Å²) in [6.07, 6.45) is 0. The Kier molecular flexibility index (Phi) is 18.2. The van der Waals surface area contributed by atoms with Crippen LogP contribution in [0.15, 0.2) is 12.3 Å². The largest absolute Gasteiger partial charge is 0.480 e. The van der Waals surface area contributed by atoms with E-state index in [1.807, 2.05) is 0 Å². The van der Waals surface area contributed by atoms with Crippen LogP contribution >= 0.6 is 24.4 Å². The van der Waals surface area contributed by atoms with Gasteiger partial charge in [-0.2, -0.15) is 24.4 Å². The molecule has 0 aliphatic carbocycles. The van der Waals surface area contributed by atoms with Crippen LogP contribution in [0, 0.1) is 0 Å². The Morgan fingerprint density at radius 1 is 0.846 bits per heavy atom. The van der Waals surface area contributed by atoms with Crippen LogP contribution in [0.3, 0.4) is 0 Å². The molecular weight excluding hydrogens is 392 g/mol. The number of thioether (sulfide) groups is 1. The molecule has 152 valence electrons. The topological polar surface area (TPSA) is 253 Å². The van der Waals surface area contributed by atoms with Gasteiger partial charge in [0.15, 0.2) is 0 Å². The van der Waals surface area contributed by atoms with Crippen molar-refractivity contribution in [2.24, 2.45) is 22.9 Å². The van der Waals surface area contributed by atoms with Crippen LogP contribution in [-0.2, 0) is 19.2 Å². The molecule has 0 aliphatic heterocycles. The zero-order valence-electron chi connectivity index (χ0n) is 13.6. The standard InChI is InChI=1S/C6H12N2O4S.C3H7NO2S.C3H5NO2/c7-3(5(9)10)1-13-2-4(8)6(11)12;4-2(1-7)3(5)6;1-2(4)3(5)6/h3-4H,1-2,7-8H2,(H,9,10)(H,11,12);2,7H,1,4H2,(H,5,6);1,4H2,(H,5,6)/t3-,4-;2-;/m00./s1. The van der Waals surface area contributed by atoms with Crippen molar-refractivity contribution in [2.75, 3.05) is 17.3 Å². The Bertz CT molecular complexity index is 460. The number of hydrogen-bond acceptors (Lipinski definition) is 10. The van der Waals surface area contributed by atoms with Crippen molar-refractivity contribution in [1.29, 1.82) is 0 Å². The molecule has 0 aromatic heterocycles. The second-order valence-corrected chi connectivity index (χ2v) is 5.82. The summed E-state index contributed by atoms with van der Waals surface area (Å²) in [4.78, 5) is 39.7. The number of thiol groups is 1. The molecule has 0 aromatic rings. The highest BCUT2D eigenvalue weighted by atomic mass is 32.2. The van der Waals surface area contributed by atoms with Crippen molar-refractivity contribution in [3.63, 3.8) is 0 Å². The van der Waals surface area contributed by atoms with E-state index in [-0.39, 0.29) is 23.0 Å². The van der Waals surface area contributed by atoms with Crippen LogP contribution < -0.4 is 22.9 Å². The summed E-state index contributed by atoms with van der Waals surface area (Å²) in [6, 6.07) is -2.75. The van der Waals surface area contributed by atoms with Crippen LogP contribution in [0.5, 0.6) is 0 Å². The molecule has 0 aliphatic rings. The highest BCUT2D eigenvalue weighted by molar-refractivity contribution is 7.99. The molecule has 0 rings (SSSR count). The van der Waals surface area contributed by atoms with Crippen LogP contribution in [0.2, 0.25) is 0 Å². The summed E-state index contributed by atoms with van der Waals surface area (Å²) in [5.41, 5.74) is 19.6. The van der Waals surface area contributed by atoms with Gasteiger partial charge in [-0.05, 0) is 0 Å². The lowest BCUT2D eigenvalue weighted by molar-refractivity contribution is -0.138. The van der Waals surface area contributed by atoms with E-state index < -0.39 is 42.0 Å². The van der Waals surface area contributed by atoms with Gasteiger partial charge in [-0.1, -0.05) is 6.58 Å². The molecule has 0 fully saturated rings. The number of hydrogen-bond donors (Lipinski definition) is 9. The third-order valence-corrected chi connectivity index (χ3v) is 3.60. The first-order valence-electron chi connectivity index (χ1n) is 6.59. The van der Waals surface area contributed by atoms with E-state index in [2.05, 4.69) is 24.9 Å². The van der Waals surface area contributed by atoms with Crippen molar-refractivity contribution >= 4 is 48.3 Å². The Balaban J connectivity index is -0.000000342. The van der Waals surface area contributed by atoms with E-state index >= 15 is 0 Å². The average Bonchev–Trinajstić information content (AvgIpc) is 2.54. The molecule has 0 spiro atoms. The van der Waals surface area contributed by atoms with Crippen LogP contribution in [0.1, 0.15) is 0 Å². The zero-order valence-corrected chi connectivity index (χ0v) is 15.4. The highest BCUT2D eigenvalue weighted by Crippen LogP contribution is 2.03. The molecule has 0 unspecified atom stereocenters. The molecule has 0 saturated heterocycles. The number of carbonyl (C=O) groups is 4. The zero-order chi connectivity index (χ0) is 21.4. The smallest absolute Gasteiger partial charge is 0.351 e. The predicted molar refractivity (Wildman–Crippen MR) is 99.0 cm³/mol. The first-order chi connectivity index (χ1) is 11.8. The van der Waals surface area contributed by atoms with Gasteiger partial charge in [0, 0.05) is 17.3 Å². The number of carboxylic acids is 4. The minimum atomic E-state index is -1.16. The molecule has 14 heteroatoms. The van der Waals surface area contributed by atoms with Gasteiger partial charge in [-0.25, -0.2) is 4.79 Å². The summed E-state index contributed by atoms with van der Waals surface area (Å²) in [5, 5.41) is 32.5. The summed E-state index contributed by atoms with van der Waals surface area (Å²) in [5.74, 6) is -3.85. The monoisotopic (exact) mass is 416 g/mol.